The first-order valence-electron chi connectivity index (χ1n) is 15.2. The molecule has 0 amide bonds. The predicted octanol–water partition coefficient (Wildman–Crippen LogP) is 10.4. The zero-order valence-corrected chi connectivity index (χ0v) is 26.8. The molecule has 5 nitrogen and oxygen atoms in total. The fourth-order valence-electron chi connectivity index (χ4n) is 5.98. The fraction of sp³-hybridized carbons (Fsp3) is 0.289. The molecule has 0 saturated carbocycles. The first kappa shape index (κ1) is 31.6. The monoisotopic (exact) mass is 654 g/mol. The van der Waals surface area contributed by atoms with E-state index in [2.05, 4.69) is 78.0 Å². The average Bonchev–Trinajstić information content (AvgIpc) is 3.04. The van der Waals surface area contributed by atoms with E-state index in [1.165, 1.54) is 16.7 Å². The van der Waals surface area contributed by atoms with E-state index < -0.39 is 12.6 Å². The van der Waals surface area contributed by atoms with Crippen molar-refractivity contribution in [1.29, 1.82) is 0 Å². The number of carboxylic acids is 1. The van der Waals surface area contributed by atoms with Crippen LogP contribution in [-0.4, -0.2) is 23.8 Å². The second-order valence-corrected chi connectivity index (χ2v) is 12.4. The van der Waals surface area contributed by atoms with Gasteiger partial charge in [0.15, 0.2) is 6.61 Å². The number of carboxylic acid groups (broad SMARTS) is 1. The molecule has 0 bridgehead atoms. The molecule has 1 aliphatic heterocycles. The highest BCUT2D eigenvalue weighted by atomic mass is 79.9. The number of benzene rings is 4. The Balaban J connectivity index is 1.49. The van der Waals surface area contributed by atoms with Crippen LogP contribution in [0, 0.1) is 5.92 Å². The molecule has 1 fully saturated rings. The van der Waals surface area contributed by atoms with Crippen molar-refractivity contribution in [3.63, 3.8) is 0 Å². The quantitative estimate of drug-likeness (QED) is 0.154. The maximum absolute atomic E-state index is 11.5. The van der Waals surface area contributed by atoms with Crippen LogP contribution in [-0.2, 0) is 9.53 Å². The zero-order chi connectivity index (χ0) is 31.1. The Morgan fingerprint density at radius 1 is 0.955 bits per heavy atom. The Hall–Kier alpha value is -3.87. The molecule has 6 heteroatoms. The number of hydrogen-bond acceptors (Lipinski definition) is 4. The molecule has 1 saturated heterocycles. The van der Waals surface area contributed by atoms with Crippen LogP contribution in [0.15, 0.2) is 114 Å². The van der Waals surface area contributed by atoms with E-state index in [-0.39, 0.29) is 24.0 Å². The first-order chi connectivity index (χ1) is 21.3. The molecule has 5 rings (SSSR count). The standard InChI is InChI=1S/C38H39BrO5/c1-4-5-11-36-33(28-14-12-27(13-15-28)26-9-7-6-8-10-26)23-32(25(2)3)38(44-36)34-22-31(20-21-35(34)42-24-37(40)41)43-30-18-16-29(39)17-19-30/h6-10,12-22,32-33,36,38H,2,4-5,11,23-24H2,1,3H3,(H,40,41)/t32-,33-,36+,38+/m0/s1. The number of carbonyl (C=O) groups is 1. The third kappa shape index (κ3) is 7.79. The Bertz CT molecular complexity index is 1550. The van der Waals surface area contributed by atoms with Crippen molar-refractivity contribution in [2.45, 2.75) is 57.7 Å². The summed E-state index contributed by atoms with van der Waals surface area (Å²) in [5.74, 6) is 0.937. The third-order valence-electron chi connectivity index (χ3n) is 8.25. The van der Waals surface area contributed by atoms with E-state index in [4.69, 9.17) is 14.2 Å². The second-order valence-electron chi connectivity index (χ2n) is 11.5. The number of hydrogen-bond donors (Lipinski definition) is 1. The van der Waals surface area contributed by atoms with Gasteiger partial charge in [0.05, 0.1) is 12.2 Å². The fourth-order valence-corrected chi connectivity index (χ4v) is 6.24. The van der Waals surface area contributed by atoms with Crippen LogP contribution in [0.4, 0.5) is 0 Å². The lowest BCUT2D eigenvalue weighted by Gasteiger charge is -2.43. The van der Waals surface area contributed by atoms with E-state index in [0.29, 0.717) is 17.2 Å². The molecule has 44 heavy (non-hydrogen) atoms. The largest absolute Gasteiger partial charge is 0.482 e. The van der Waals surface area contributed by atoms with E-state index in [1.54, 1.807) is 12.1 Å². The van der Waals surface area contributed by atoms with Gasteiger partial charge in [0.2, 0.25) is 0 Å². The zero-order valence-electron chi connectivity index (χ0n) is 25.2. The SMILES string of the molecule is C=C(C)[C@@H]1C[C@@H](c2ccc(-c3ccccc3)cc2)[C@@H](CCCC)O[C@H]1c1cc(Oc2ccc(Br)cc2)ccc1OCC(=O)O. The van der Waals surface area contributed by atoms with Gasteiger partial charge in [-0.1, -0.05) is 102 Å². The van der Waals surface area contributed by atoms with Crippen LogP contribution in [0.3, 0.4) is 0 Å². The molecule has 0 radical (unpaired) electrons. The molecule has 1 heterocycles. The summed E-state index contributed by atoms with van der Waals surface area (Å²) < 4.78 is 20.0. The van der Waals surface area contributed by atoms with Gasteiger partial charge in [-0.3, -0.25) is 0 Å². The van der Waals surface area contributed by atoms with Crippen molar-refractivity contribution < 1.29 is 24.1 Å². The summed E-state index contributed by atoms with van der Waals surface area (Å²) in [6, 6.07) is 32.4. The Morgan fingerprint density at radius 3 is 2.30 bits per heavy atom. The minimum Gasteiger partial charge on any atom is -0.482 e. The van der Waals surface area contributed by atoms with Crippen LogP contribution in [0.5, 0.6) is 17.2 Å². The second kappa shape index (κ2) is 14.7. The van der Waals surface area contributed by atoms with Gasteiger partial charge in [-0.2, -0.15) is 0 Å². The number of halogens is 1. The lowest BCUT2D eigenvalue weighted by molar-refractivity contribution is -0.139. The smallest absolute Gasteiger partial charge is 0.341 e. The van der Waals surface area contributed by atoms with Gasteiger partial charge in [-0.15, -0.1) is 0 Å². The Labute approximate surface area is 268 Å². The molecule has 0 unspecified atom stereocenters. The topological polar surface area (TPSA) is 65.0 Å². The molecular formula is C38H39BrO5. The average molecular weight is 656 g/mol. The predicted molar refractivity (Wildman–Crippen MR) is 178 cm³/mol. The molecule has 1 N–H and O–H groups in total. The molecule has 4 aromatic rings. The number of unbranched alkanes of at least 4 members (excludes halogenated alkanes) is 1. The van der Waals surface area contributed by atoms with E-state index >= 15 is 0 Å². The van der Waals surface area contributed by atoms with Gasteiger partial charge in [0.25, 0.3) is 0 Å². The van der Waals surface area contributed by atoms with Crippen molar-refractivity contribution in [2.24, 2.45) is 5.92 Å². The third-order valence-corrected chi connectivity index (χ3v) is 8.78. The summed E-state index contributed by atoms with van der Waals surface area (Å²) in [6.45, 7) is 8.17. The highest BCUT2D eigenvalue weighted by molar-refractivity contribution is 9.10. The van der Waals surface area contributed by atoms with Gasteiger partial charge in [-0.25, -0.2) is 4.79 Å². The highest BCUT2D eigenvalue weighted by Gasteiger charge is 2.40. The molecule has 228 valence electrons. The molecule has 0 aliphatic carbocycles. The summed E-state index contributed by atoms with van der Waals surface area (Å²) >= 11 is 3.47. The number of ether oxygens (including phenoxy) is 3. The summed E-state index contributed by atoms with van der Waals surface area (Å²) in [4.78, 5) is 11.5. The first-order valence-corrected chi connectivity index (χ1v) is 16.0. The Morgan fingerprint density at radius 2 is 1.64 bits per heavy atom. The van der Waals surface area contributed by atoms with Crippen molar-refractivity contribution in [1.82, 2.24) is 0 Å². The molecule has 0 spiro atoms. The summed E-state index contributed by atoms with van der Waals surface area (Å²) in [6.07, 6.45) is 3.49. The van der Waals surface area contributed by atoms with Crippen molar-refractivity contribution in [2.75, 3.05) is 6.61 Å². The number of rotatable bonds is 12. The van der Waals surface area contributed by atoms with Crippen molar-refractivity contribution >= 4 is 21.9 Å². The van der Waals surface area contributed by atoms with Gasteiger partial charge < -0.3 is 19.3 Å². The molecule has 4 aromatic carbocycles. The molecule has 0 aromatic heterocycles. The van der Waals surface area contributed by atoms with E-state index in [9.17, 15) is 9.90 Å². The summed E-state index contributed by atoms with van der Waals surface area (Å²) in [7, 11) is 0. The summed E-state index contributed by atoms with van der Waals surface area (Å²) in [5, 5.41) is 9.38. The van der Waals surface area contributed by atoms with Gasteiger partial charge in [-0.05, 0) is 78.9 Å². The van der Waals surface area contributed by atoms with E-state index in [0.717, 1.165) is 41.3 Å². The highest BCUT2D eigenvalue weighted by Crippen LogP contribution is 2.50. The van der Waals surface area contributed by atoms with Crippen molar-refractivity contribution in [3.05, 3.63) is 125 Å². The van der Waals surface area contributed by atoms with Crippen LogP contribution < -0.4 is 9.47 Å². The van der Waals surface area contributed by atoms with Crippen LogP contribution in [0.25, 0.3) is 11.1 Å². The normalized spacial score (nSPS) is 19.7. The van der Waals surface area contributed by atoms with Gasteiger partial charge in [0, 0.05) is 21.9 Å². The lowest BCUT2D eigenvalue weighted by Crippen LogP contribution is -2.36. The Kier molecular flexibility index (Phi) is 10.6. The van der Waals surface area contributed by atoms with Gasteiger partial charge in [0.1, 0.15) is 17.2 Å². The minimum absolute atomic E-state index is 0.0122. The minimum atomic E-state index is -1.04. The molecular weight excluding hydrogens is 616 g/mol. The maximum Gasteiger partial charge on any atom is 0.341 e. The summed E-state index contributed by atoms with van der Waals surface area (Å²) in [5.41, 5.74) is 5.42. The number of aliphatic carboxylic acids is 1. The maximum atomic E-state index is 11.5. The van der Waals surface area contributed by atoms with Crippen LogP contribution in [0.2, 0.25) is 0 Å². The lowest BCUT2D eigenvalue weighted by atomic mass is 9.74. The molecule has 1 aliphatic rings. The van der Waals surface area contributed by atoms with Crippen LogP contribution >= 0.6 is 15.9 Å². The van der Waals surface area contributed by atoms with Crippen LogP contribution in [0.1, 0.15) is 62.7 Å². The molecule has 4 atom stereocenters. The van der Waals surface area contributed by atoms with Gasteiger partial charge >= 0.3 is 5.97 Å². The van der Waals surface area contributed by atoms with E-state index in [1.807, 2.05) is 43.3 Å². The van der Waals surface area contributed by atoms with Crippen molar-refractivity contribution in [3.8, 4) is 28.4 Å².